The molecule has 0 aliphatic rings. The number of hydrazine groups is 1. The van der Waals surface area contributed by atoms with E-state index in [2.05, 4.69) is 42.2 Å². The van der Waals surface area contributed by atoms with E-state index in [4.69, 9.17) is 0 Å². The Labute approximate surface area is 190 Å². The van der Waals surface area contributed by atoms with Gasteiger partial charge in [0.1, 0.15) is 5.82 Å². The summed E-state index contributed by atoms with van der Waals surface area (Å²) in [5, 5.41) is 12.5. The van der Waals surface area contributed by atoms with Gasteiger partial charge in [-0.25, -0.2) is 4.39 Å². The van der Waals surface area contributed by atoms with Gasteiger partial charge in [-0.05, 0) is 41.1 Å². The minimum Gasteiger partial charge on any atom is -0.267 e. The molecule has 4 aromatic rings. The normalized spacial score (nSPS) is 10.6. The van der Waals surface area contributed by atoms with Gasteiger partial charge in [0.2, 0.25) is 5.82 Å². The molecule has 0 saturated carbocycles. The number of tetrazole rings is 1. The second kappa shape index (κ2) is 9.48. The molecule has 0 aliphatic carbocycles. The monoisotopic (exact) mass is 494 g/mol. The highest BCUT2D eigenvalue weighted by Crippen LogP contribution is 2.15. The van der Waals surface area contributed by atoms with Gasteiger partial charge >= 0.3 is 0 Å². The van der Waals surface area contributed by atoms with Gasteiger partial charge in [-0.15, -0.1) is 10.2 Å². The number of aromatic nitrogens is 4. The molecular weight excluding hydrogens is 479 g/mol. The van der Waals surface area contributed by atoms with E-state index >= 15 is 0 Å². The smallest absolute Gasteiger partial charge is 0.267 e. The maximum atomic E-state index is 13.8. The van der Waals surface area contributed by atoms with Crippen LogP contribution in [-0.4, -0.2) is 32.0 Å². The number of nitrogens with zero attached hydrogens (tertiary/aromatic N) is 4. The standard InChI is InChI=1S/C22H16BrFN6O2/c23-17-10-11-19(24)18(12-17)22(32)27-26-21(31)16-8-6-14(7-9-16)13-30-28-20(25-29-30)15-4-2-1-3-5-15/h1-12H,13H2,(H,26,31)(H,27,32). The number of rotatable bonds is 5. The minimum absolute atomic E-state index is 0.190. The summed E-state index contributed by atoms with van der Waals surface area (Å²) in [6.45, 7) is 0.376. The summed E-state index contributed by atoms with van der Waals surface area (Å²) in [5.41, 5.74) is 6.34. The molecule has 3 aromatic carbocycles. The van der Waals surface area contributed by atoms with Gasteiger partial charge in [0.05, 0.1) is 12.1 Å². The van der Waals surface area contributed by atoms with Crippen molar-refractivity contribution in [2.45, 2.75) is 6.54 Å². The van der Waals surface area contributed by atoms with Crippen LogP contribution in [0, 0.1) is 5.82 Å². The molecular formula is C22H16BrFN6O2. The second-order valence-corrected chi connectivity index (χ2v) is 7.65. The maximum absolute atomic E-state index is 13.8. The third-order valence-electron chi connectivity index (χ3n) is 4.49. The number of carbonyl (C=O) groups is 2. The van der Waals surface area contributed by atoms with Gasteiger partial charge in [-0.3, -0.25) is 20.4 Å². The number of hydrogen-bond donors (Lipinski definition) is 2. The first-order valence-electron chi connectivity index (χ1n) is 9.47. The third kappa shape index (κ3) is 5.03. The van der Waals surface area contributed by atoms with Gasteiger partial charge in [-0.2, -0.15) is 4.80 Å². The summed E-state index contributed by atoms with van der Waals surface area (Å²) < 4.78 is 14.3. The van der Waals surface area contributed by atoms with Crippen molar-refractivity contribution in [1.82, 2.24) is 31.1 Å². The lowest BCUT2D eigenvalue weighted by Gasteiger charge is -2.09. The Kier molecular flexibility index (Phi) is 6.31. The Morgan fingerprint density at radius 1 is 0.938 bits per heavy atom. The lowest BCUT2D eigenvalue weighted by atomic mass is 10.1. The molecule has 1 aromatic heterocycles. The van der Waals surface area contributed by atoms with Gasteiger partial charge < -0.3 is 0 Å². The zero-order valence-electron chi connectivity index (χ0n) is 16.5. The van der Waals surface area contributed by atoms with E-state index in [1.54, 1.807) is 24.3 Å². The highest BCUT2D eigenvalue weighted by atomic mass is 79.9. The van der Waals surface area contributed by atoms with Crippen molar-refractivity contribution < 1.29 is 14.0 Å². The molecule has 10 heteroatoms. The van der Waals surface area contributed by atoms with Gasteiger partial charge in [0, 0.05) is 15.6 Å². The SMILES string of the molecule is O=C(NNC(=O)c1cc(Br)ccc1F)c1ccc(Cn2nnc(-c3ccccc3)n2)cc1. The summed E-state index contributed by atoms with van der Waals surface area (Å²) in [4.78, 5) is 25.9. The average molecular weight is 495 g/mol. The molecule has 2 N–H and O–H groups in total. The van der Waals surface area contributed by atoms with Crippen LogP contribution in [0.2, 0.25) is 0 Å². The first kappa shape index (κ1) is 21.3. The van der Waals surface area contributed by atoms with E-state index in [1.807, 2.05) is 30.3 Å². The summed E-state index contributed by atoms with van der Waals surface area (Å²) in [5.74, 6) is -1.47. The van der Waals surface area contributed by atoms with Crippen molar-refractivity contribution in [1.29, 1.82) is 0 Å². The van der Waals surface area contributed by atoms with Crippen LogP contribution in [0.15, 0.2) is 77.3 Å². The molecule has 0 fully saturated rings. The molecule has 2 amide bonds. The molecule has 0 spiro atoms. The zero-order valence-corrected chi connectivity index (χ0v) is 18.1. The summed E-state index contributed by atoms with van der Waals surface area (Å²) in [7, 11) is 0. The largest absolute Gasteiger partial charge is 0.272 e. The first-order valence-corrected chi connectivity index (χ1v) is 10.3. The molecule has 32 heavy (non-hydrogen) atoms. The van der Waals surface area contributed by atoms with Gasteiger partial charge in [0.25, 0.3) is 11.8 Å². The van der Waals surface area contributed by atoms with Crippen LogP contribution in [0.5, 0.6) is 0 Å². The van der Waals surface area contributed by atoms with Gasteiger partial charge in [-0.1, -0.05) is 58.4 Å². The predicted octanol–water partition coefficient (Wildman–Crippen LogP) is 3.36. The van der Waals surface area contributed by atoms with Crippen LogP contribution in [0.4, 0.5) is 4.39 Å². The molecule has 0 aliphatic heterocycles. The highest BCUT2D eigenvalue weighted by Gasteiger charge is 2.14. The first-order chi connectivity index (χ1) is 15.5. The Morgan fingerprint density at radius 3 is 2.41 bits per heavy atom. The van der Waals surface area contributed by atoms with E-state index in [9.17, 15) is 14.0 Å². The molecule has 8 nitrogen and oxygen atoms in total. The van der Waals surface area contributed by atoms with E-state index in [1.165, 1.54) is 16.9 Å². The fraction of sp³-hybridized carbons (Fsp3) is 0.0455. The third-order valence-corrected chi connectivity index (χ3v) is 4.98. The Balaban J connectivity index is 1.35. The van der Waals surface area contributed by atoms with Crippen molar-refractivity contribution in [3.63, 3.8) is 0 Å². The number of amides is 2. The van der Waals surface area contributed by atoms with Crippen molar-refractivity contribution >= 4 is 27.7 Å². The summed E-state index contributed by atoms with van der Waals surface area (Å²) >= 11 is 3.18. The average Bonchev–Trinajstić information content (AvgIpc) is 3.28. The molecule has 0 saturated heterocycles. The quantitative estimate of drug-likeness (QED) is 0.414. The molecule has 1 heterocycles. The fourth-order valence-electron chi connectivity index (χ4n) is 2.86. The number of carbonyl (C=O) groups excluding carboxylic acids is 2. The molecule has 4 rings (SSSR count). The van der Waals surface area contributed by atoms with Gasteiger partial charge in [0.15, 0.2) is 0 Å². The second-order valence-electron chi connectivity index (χ2n) is 6.74. The van der Waals surface area contributed by atoms with Crippen LogP contribution >= 0.6 is 15.9 Å². The predicted molar refractivity (Wildman–Crippen MR) is 118 cm³/mol. The molecule has 0 radical (unpaired) electrons. The zero-order chi connectivity index (χ0) is 22.5. The van der Waals surface area contributed by atoms with Crippen molar-refractivity contribution in [3.05, 3.63) is 99.8 Å². The maximum Gasteiger partial charge on any atom is 0.272 e. The molecule has 0 unspecified atom stereocenters. The number of nitrogens with one attached hydrogen (secondary N) is 2. The van der Waals surface area contributed by atoms with Crippen LogP contribution in [0.1, 0.15) is 26.3 Å². The van der Waals surface area contributed by atoms with Crippen LogP contribution < -0.4 is 10.9 Å². The molecule has 160 valence electrons. The van der Waals surface area contributed by atoms with Crippen molar-refractivity contribution in [3.8, 4) is 11.4 Å². The van der Waals surface area contributed by atoms with Crippen molar-refractivity contribution in [2.75, 3.05) is 0 Å². The highest BCUT2D eigenvalue weighted by molar-refractivity contribution is 9.10. The minimum atomic E-state index is -0.764. The van der Waals surface area contributed by atoms with Crippen LogP contribution in [0.3, 0.4) is 0 Å². The topological polar surface area (TPSA) is 102 Å². The van der Waals surface area contributed by atoms with E-state index < -0.39 is 17.6 Å². The number of benzene rings is 3. The van der Waals surface area contributed by atoms with Crippen LogP contribution in [-0.2, 0) is 6.54 Å². The summed E-state index contributed by atoms with van der Waals surface area (Å²) in [6, 6.07) is 20.2. The van der Waals surface area contributed by atoms with E-state index in [-0.39, 0.29) is 5.56 Å². The van der Waals surface area contributed by atoms with E-state index in [0.29, 0.717) is 22.4 Å². The number of hydrogen-bond acceptors (Lipinski definition) is 5. The lowest BCUT2D eigenvalue weighted by molar-refractivity contribution is 0.0844. The van der Waals surface area contributed by atoms with Crippen LogP contribution in [0.25, 0.3) is 11.4 Å². The Morgan fingerprint density at radius 2 is 1.66 bits per heavy atom. The lowest BCUT2D eigenvalue weighted by Crippen LogP contribution is -2.41. The summed E-state index contributed by atoms with van der Waals surface area (Å²) in [6.07, 6.45) is 0. The fourth-order valence-corrected chi connectivity index (χ4v) is 3.22. The molecule has 0 atom stereocenters. The van der Waals surface area contributed by atoms with Crippen molar-refractivity contribution in [2.24, 2.45) is 0 Å². The number of halogens is 2. The Hall–Kier alpha value is -3.92. The molecule has 0 bridgehead atoms. The Bertz CT molecular complexity index is 1260. The van der Waals surface area contributed by atoms with E-state index in [0.717, 1.165) is 17.2 Å².